The van der Waals surface area contributed by atoms with Gasteiger partial charge in [-0.05, 0) is 56.2 Å². The standard InChI is InChI=1S/C19H25N5O2/c1-24-17(6-8-21-24)18-11-14(7-9-26-18)22-19(25)23-15-10-13-4-2-3-5-16(13)20-12-15/h6,8,10,12,14,18H,2-5,7,9,11H2,1H3,(H2,22,23,25)/t14-,18+/m0/s1. The Bertz CT molecular complexity index is 788. The predicted molar refractivity (Wildman–Crippen MR) is 98.0 cm³/mol. The lowest BCUT2D eigenvalue weighted by atomic mass is 9.96. The van der Waals surface area contributed by atoms with Gasteiger partial charge < -0.3 is 15.4 Å². The van der Waals surface area contributed by atoms with Gasteiger partial charge in [-0.15, -0.1) is 0 Å². The van der Waals surface area contributed by atoms with E-state index in [0.717, 1.165) is 37.1 Å². The molecular formula is C19H25N5O2. The second-order valence-electron chi connectivity index (χ2n) is 7.10. The molecule has 1 saturated heterocycles. The first-order chi connectivity index (χ1) is 12.7. The zero-order valence-corrected chi connectivity index (χ0v) is 15.1. The van der Waals surface area contributed by atoms with Gasteiger partial charge in [0.05, 0.1) is 17.6 Å². The van der Waals surface area contributed by atoms with Crippen molar-refractivity contribution in [2.75, 3.05) is 11.9 Å². The summed E-state index contributed by atoms with van der Waals surface area (Å²) in [6.07, 6.45) is 9.53. The molecule has 2 aliphatic rings. The number of carbonyl (C=O) groups is 1. The summed E-state index contributed by atoms with van der Waals surface area (Å²) in [6.45, 7) is 0.626. The first kappa shape index (κ1) is 17.0. The van der Waals surface area contributed by atoms with Crippen LogP contribution in [0, 0.1) is 0 Å². The van der Waals surface area contributed by atoms with Crippen LogP contribution in [0.25, 0.3) is 0 Å². The van der Waals surface area contributed by atoms with Crippen LogP contribution < -0.4 is 10.6 Å². The Balaban J connectivity index is 1.35. The van der Waals surface area contributed by atoms with Crippen LogP contribution in [0.5, 0.6) is 0 Å². The van der Waals surface area contributed by atoms with Gasteiger partial charge in [0.15, 0.2) is 0 Å². The first-order valence-electron chi connectivity index (χ1n) is 9.34. The molecule has 1 aliphatic carbocycles. The maximum Gasteiger partial charge on any atom is 0.319 e. The predicted octanol–water partition coefficient (Wildman–Crippen LogP) is 2.74. The van der Waals surface area contributed by atoms with E-state index in [1.54, 1.807) is 12.4 Å². The molecule has 138 valence electrons. The minimum atomic E-state index is -0.182. The number of nitrogens with zero attached hydrogens (tertiary/aromatic N) is 3. The third kappa shape index (κ3) is 3.72. The minimum Gasteiger partial charge on any atom is -0.372 e. The van der Waals surface area contributed by atoms with Gasteiger partial charge in [0, 0.05) is 31.6 Å². The quantitative estimate of drug-likeness (QED) is 0.887. The minimum absolute atomic E-state index is 0.0352. The summed E-state index contributed by atoms with van der Waals surface area (Å²) in [5.74, 6) is 0. The Morgan fingerprint density at radius 1 is 1.35 bits per heavy atom. The SMILES string of the molecule is Cn1nccc1[C@H]1C[C@@H](NC(=O)Nc2cnc3c(c2)CCCC3)CCO1. The summed E-state index contributed by atoms with van der Waals surface area (Å²) in [6, 6.07) is 3.92. The molecule has 7 nitrogen and oxygen atoms in total. The number of carbonyl (C=O) groups excluding carboxylic acids is 1. The van der Waals surface area contributed by atoms with Gasteiger partial charge in [-0.1, -0.05) is 0 Å². The van der Waals surface area contributed by atoms with E-state index in [0.29, 0.717) is 6.61 Å². The molecule has 2 atom stereocenters. The fraction of sp³-hybridized carbons (Fsp3) is 0.526. The second-order valence-corrected chi connectivity index (χ2v) is 7.10. The molecule has 2 aromatic heterocycles. The summed E-state index contributed by atoms with van der Waals surface area (Å²) in [4.78, 5) is 16.9. The van der Waals surface area contributed by atoms with Crippen LogP contribution in [0.15, 0.2) is 24.5 Å². The molecule has 1 fully saturated rings. The Labute approximate surface area is 153 Å². The largest absolute Gasteiger partial charge is 0.372 e. The molecule has 0 aromatic carbocycles. The summed E-state index contributed by atoms with van der Waals surface area (Å²) in [7, 11) is 1.91. The summed E-state index contributed by atoms with van der Waals surface area (Å²) in [5, 5.41) is 10.2. The molecule has 1 aliphatic heterocycles. The van der Waals surface area contributed by atoms with Gasteiger partial charge >= 0.3 is 6.03 Å². The lowest BCUT2D eigenvalue weighted by molar-refractivity contribution is -0.00204. The molecule has 2 amide bonds. The number of anilines is 1. The fourth-order valence-electron chi connectivity index (χ4n) is 3.84. The van der Waals surface area contributed by atoms with Crippen molar-refractivity contribution in [2.45, 2.75) is 50.7 Å². The topological polar surface area (TPSA) is 81.1 Å². The third-order valence-corrected chi connectivity index (χ3v) is 5.24. The van der Waals surface area contributed by atoms with Crippen molar-refractivity contribution in [3.05, 3.63) is 41.5 Å². The molecule has 0 radical (unpaired) electrons. The Morgan fingerprint density at radius 2 is 2.23 bits per heavy atom. The van der Waals surface area contributed by atoms with Crippen LogP contribution in [0.1, 0.15) is 48.7 Å². The molecule has 0 saturated carbocycles. The number of pyridine rings is 1. The highest BCUT2D eigenvalue weighted by Crippen LogP contribution is 2.27. The number of hydrogen-bond donors (Lipinski definition) is 2. The van der Waals surface area contributed by atoms with Gasteiger partial charge in [-0.25, -0.2) is 4.79 Å². The van der Waals surface area contributed by atoms with E-state index < -0.39 is 0 Å². The molecule has 4 rings (SSSR count). The monoisotopic (exact) mass is 355 g/mol. The number of amides is 2. The highest BCUT2D eigenvalue weighted by Gasteiger charge is 2.27. The molecule has 0 bridgehead atoms. The molecule has 2 N–H and O–H groups in total. The Kier molecular flexibility index (Phi) is 4.88. The van der Waals surface area contributed by atoms with Crippen molar-refractivity contribution in [3.8, 4) is 0 Å². The van der Waals surface area contributed by atoms with E-state index >= 15 is 0 Å². The summed E-state index contributed by atoms with van der Waals surface area (Å²) >= 11 is 0. The number of aryl methyl sites for hydroxylation is 3. The van der Waals surface area contributed by atoms with E-state index in [4.69, 9.17) is 4.74 Å². The van der Waals surface area contributed by atoms with Crippen LogP contribution in [0.2, 0.25) is 0 Å². The highest BCUT2D eigenvalue weighted by atomic mass is 16.5. The molecule has 0 unspecified atom stereocenters. The Morgan fingerprint density at radius 3 is 3.08 bits per heavy atom. The maximum atomic E-state index is 12.4. The summed E-state index contributed by atoms with van der Waals surface area (Å²) < 4.78 is 7.68. The van der Waals surface area contributed by atoms with Gasteiger partial charge in [0.1, 0.15) is 6.10 Å². The highest BCUT2D eigenvalue weighted by molar-refractivity contribution is 5.89. The normalized spacial score (nSPS) is 22.5. The fourth-order valence-corrected chi connectivity index (χ4v) is 3.84. The lowest BCUT2D eigenvalue weighted by Gasteiger charge is -2.30. The molecule has 3 heterocycles. The number of ether oxygens (including phenoxy) is 1. The zero-order valence-electron chi connectivity index (χ0n) is 15.1. The van der Waals surface area contributed by atoms with Crippen molar-refractivity contribution in [3.63, 3.8) is 0 Å². The number of aromatic nitrogens is 3. The van der Waals surface area contributed by atoms with Gasteiger partial charge in [0.25, 0.3) is 0 Å². The molecule has 26 heavy (non-hydrogen) atoms. The van der Waals surface area contributed by atoms with Crippen LogP contribution in [0.3, 0.4) is 0 Å². The number of urea groups is 1. The van der Waals surface area contributed by atoms with Crippen LogP contribution in [-0.4, -0.2) is 33.4 Å². The molecule has 0 spiro atoms. The van der Waals surface area contributed by atoms with Crippen LogP contribution >= 0.6 is 0 Å². The van der Waals surface area contributed by atoms with Gasteiger partial charge in [0.2, 0.25) is 0 Å². The molecular weight excluding hydrogens is 330 g/mol. The third-order valence-electron chi connectivity index (χ3n) is 5.24. The molecule has 7 heteroatoms. The smallest absolute Gasteiger partial charge is 0.319 e. The first-order valence-corrected chi connectivity index (χ1v) is 9.34. The second kappa shape index (κ2) is 7.45. The van der Waals surface area contributed by atoms with Crippen LogP contribution in [-0.2, 0) is 24.6 Å². The number of hydrogen-bond acceptors (Lipinski definition) is 4. The van der Waals surface area contributed by atoms with E-state index in [9.17, 15) is 4.79 Å². The van der Waals surface area contributed by atoms with Crippen molar-refractivity contribution in [1.82, 2.24) is 20.1 Å². The van der Waals surface area contributed by atoms with E-state index in [-0.39, 0.29) is 18.2 Å². The summed E-state index contributed by atoms with van der Waals surface area (Å²) in [5.41, 5.74) is 4.23. The van der Waals surface area contributed by atoms with Crippen molar-refractivity contribution >= 4 is 11.7 Å². The van der Waals surface area contributed by atoms with Crippen molar-refractivity contribution in [1.29, 1.82) is 0 Å². The number of nitrogens with one attached hydrogen (secondary N) is 2. The molecule has 2 aromatic rings. The number of rotatable bonds is 3. The van der Waals surface area contributed by atoms with Crippen LogP contribution in [0.4, 0.5) is 10.5 Å². The van der Waals surface area contributed by atoms with Crippen molar-refractivity contribution < 1.29 is 9.53 Å². The lowest BCUT2D eigenvalue weighted by Crippen LogP contribution is -2.42. The average molecular weight is 355 g/mol. The van der Waals surface area contributed by atoms with E-state index in [1.165, 1.54) is 24.1 Å². The van der Waals surface area contributed by atoms with Crippen molar-refractivity contribution in [2.24, 2.45) is 7.05 Å². The Hall–Kier alpha value is -2.41. The van der Waals surface area contributed by atoms with E-state index in [1.807, 2.05) is 17.8 Å². The maximum absolute atomic E-state index is 12.4. The number of fused-ring (bicyclic) bond motifs is 1. The van der Waals surface area contributed by atoms with Gasteiger partial charge in [-0.2, -0.15) is 5.10 Å². The van der Waals surface area contributed by atoms with E-state index in [2.05, 4.69) is 26.8 Å². The van der Waals surface area contributed by atoms with Gasteiger partial charge in [-0.3, -0.25) is 9.67 Å². The zero-order chi connectivity index (χ0) is 17.9. The average Bonchev–Trinajstić information content (AvgIpc) is 3.08.